The van der Waals surface area contributed by atoms with Crippen molar-refractivity contribution in [1.82, 2.24) is 0 Å². The minimum absolute atomic E-state index is 0.0675. The molecule has 0 radical (unpaired) electrons. The third-order valence-corrected chi connectivity index (χ3v) is 5.76. The number of hydrogen-bond acceptors (Lipinski definition) is 5. The number of benzene rings is 2. The fourth-order valence-corrected chi connectivity index (χ4v) is 4.10. The lowest BCUT2D eigenvalue weighted by atomic mass is 10.0. The number of hydrogen-bond donors (Lipinski definition) is 1. The van der Waals surface area contributed by atoms with Crippen LogP contribution in [0.15, 0.2) is 47.4 Å². The van der Waals surface area contributed by atoms with Gasteiger partial charge in [-0.1, -0.05) is 0 Å². The Hall–Kier alpha value is -2.97. The van der Waals surface area contributed by atoms with Crippen LogP contribution >= 0.6 is 12.2 Å². The summed E-state index contributed by atoms with van der Waals surface area (Å²) in [5.41, 5.74) is -2.69. The van der Waals surface area contributed by atoms with Gasteiger partial charge in [0, 0.05) is 5.69 Å². The number of amides is 1. The van der Waals surface area contributed by atoms with Gasteiger partial charge >= 0.3 is 6.18 Å². The first-order valence-electron chi connectivity index (χ1n) is 8.44. The number of thiol groups is 1. The Balaban J connectivity index is 2.10. The van der Waals surface area contributed by atoms with E-state index in [2.05, 4.69) is 0 Å². The standard InChI is InChI=1S/C19H14F3N3O3S2/c1-18(2)16(26)24(13-4-3-11(10-23)15(9-13)19(20,21)22)17(29)25(18)12-5-7-14(8-6-12)30(27)28/h3-9,30H,1-2H3. The second-order valence-electron chi connectivity index (χ2n) is 6.93. The third-order valence-electron chi connectivity index (χ3n) is 4.67. The van der Waals surface area contributed by atoms with Crippen LogP contribution in [0.25, 0.3) is 0 Å². The lowest BCUT2D eigenvalue weighted by Gasteiger charge is -2.29. The highest BCUT2D eigenvalue weighted by atomic mass is 32.2. The van der Waals surface area contributed by atoms with Gasteiger partial charge in [-0.3, -0.25) is 9.69 Å². The molecule has 156 valence electrons. The lowest BCUT2D eigenvalue weighted by Crippen LogP contribution is -2.44. The average molecular weight is 453 g/mol. The summed E-state index contributed by atoms with van der Waals surface area (Å²) in [5.74, 6) is -0.565. The van der Waals surface area contributed by atoms with Crippen molar-refractivity contribution < 1.29 is 26.4 Å². The summed E-state index contributed by atoms with van der Waals surface area (Å²) in [5, 5.41) is 8.90. The van der Waals surface area contributed by atoms with Crippen molar-refractivity contribution >= 4 is 45.3 Å². The summed E-state index contributed by atoms with van der Waals surface area (Å²) in [6.07, 6.45) is -4.79. The van der Waals surface area contributed by atoms with Crippen molar-refractivity contribution in [3.63, 3.8) is 0 Å². The molecule has 6 nitrogen and oxygen atoms in total. The van der Waals surface area contributed by atoms with E-state index in [1.165, 1.54) is 41.3 Å². The highest BCUT2D eigenvalue weighted by Crippen LogP contribution is 2.39. The maximum absolute atomic E-state index is 13.3. The van der Waals surface area contributed by atoms with E-state index < -0.39 is 39.5 Å². The van der Waals surface area contributed by atoms with Crippen LogP contribution < -0.4 is 9.80 Å². The molecule has 1 fully saturated rings. The Kier molecular flexibility index (Phi) is 5.34. The summed E-state index contributed by atoms with van der Waals surface area (Å²) >= 11 is 5.40. The van der Waals surface area contributed by atoms with E-state index in [4.69, 9.17) is 17.5 Å². The van der Waals surface area contributed by atoms with Gasteiger partial charge in [-0.05, 0) is 68.5 Å². The zero-order chi connectivity index (χ0) is 22.4. The highest BCUT2D eigenvalue weighted by molar-refractivity contribution is 7.81. The molecule has 0 unspecified atom stereocenters. The molecule has 1 aliphatic heterocycles. The van der Waals surface area contributed by atoms with Gasteiger partial charge in [0.2, 0.25) is 0 Å². The summed E-state index contributed by atoms with van der Waals surface area (Å²) in [6, 6.07) is 10.0. The van der Waals surface area contributed by atoms with Crippen LogP contribution in [0.3, 0.4) is 0 Å². The molecule has 1 aliphatic rings. The van der Waals surface area contributed by atoms with Crippen molar-refractivity contribution in [2.75, 3.05) is 9.80 Å². The van der Waals surface area contributed by atoms with Gasteiger partial charge in [0.25, 0.3) is 5.91 Å². The van der Waals surface area contributed by atoms with E-state index in [0.717, 1.165) is 11.0 Å². The summed E-state index contributed by atoms with van der Waals surface area (Å²) in [4.78, 5) is 15.6. The van der Waals surface area contributed by atoms with Crippen LogP contribution in [0, 0.1) is 11.3 Å². The smallest absolute Gasteiger partial charge is 0.304 e. The van der Waals surface area contributed by atoms with Gasteiger partial charge < -0.3 is 4.90 Å². The number of thiocarbonyl (C=S) groups is 1. The number of carbonyl (C=O) groups excluding carboxylic acids is 1. The Morgan fingerprint density at radius 3 is 2.13 bits per heavy atom. The van der Waals surface area contributed by atoms with Crippen LogP contribution in [0.2, 0.25) is 0 Å². The molecule has 1 amide bonds. The molecule has 2 aromatic carbocycles. The predicted molar refractivity (Wildman–Crippen MR) is 108 cm³/mol. The van der Waals surface area contributed by atoms with Crippen LogP contribution in [0.5, 0.6) is 0 Å². The number of nitriles is 1. The van der Waals surface area contributed by atoms with Gasteiger partial charge in [0.1, 0.15) is 5.54 Å². The highest BCUT2D eigenvalue weighted by Gasteiger charge is 2.50. The molecule has 0 aliphatic carbocycles. The van der Waals surface area contributed by atoms with Gasteiger partial charge in [-0.25, -0.2) is 8.42 Å². The van der Waals surface area contributed by atoms with Gasteiger partial charge in [-0.15, -0.1) is 0 Å². The summed E-state index contributed by atoms with van der Waals surface area (Å²) in [6.45, 7) is 3.11. The Bertz CT molecular complexity index is 1160. The molecule has 0 aromatic heterocycles. The first-order valence-corrected chi connectivity index (χ1v) is 10.0. The average Bonchev–Trinajstić information content (AvgIpc) is 2.85. The van der Waals surface area contributed by atoms with Crippen LogP contribution in [0.4, 0.5) is 24.5 Å². The minimum atomic E-state index is -4.79. The van der Waals surface area contributed by atoms with E-state index in [-0.39, 0.29) is 15.7 Å². The van der Waals surface area contributed by atoms with Crippen molar-refractivity contribution in [1.29, 1.82) is 5.26 Å². The van der Waals surface area contributed by atoms with E-state index in [9.17, 15) is 26.4 Å². The Morgan fingerprint density at radius 1 is 1.07 bits per heavy atom. The van der Waals surface area contributed by atoms with Crippen molar-refractivity contribution in [3.05, 3.63) is 53.6 Å². The minimum Gasteiger partial charge on any atom is -0.304 e. The van der Waals surface area contributed by atoms with Gasteiger partial charge in [-0.2, -0.15) is 18.4 Å². The molecule has 1 saturated heterocycles. The SMILES string of the molecule is CC1(C)C(=O)N(c2ccc(C#N)c(C(F)(F)F)c2)C(=S)N1c1ccc([SH](=O)=O)cc1. The van der Waals surface area contributed by atoms with Crippen molar-refractivity contribution in [3.8, 4) is 6.07 Å². The van der Waals surface area contributed by atoms with Crippen LogP contribution in [-0.4, -0.2) is 25.0 Å². The van der Waals surface area contributed by atoms with Gasteiger partial charge in [0.15, 0.2) is 15.8 Å². The molecular formula is C19H14F3N3O3S2. The van der Waals surface area contributed by atoms with E-state index in [1.54, 1.807) is 13.8 Å². The zero-order valence-corrected chi connectivity index (χ0v) is 17.3. The molecule has 1 heterocycles. The number of nitrogens with zero attached hydrogens (tertiary/aromatic N) is 3. The second kappa shape index (κ2) is 7.37. The fourth-order valence-electron chi connectivity index (χ4n) is 3.18. The molecule has 0 saturated carbocycles. The third kappa shape index (κ3) is 3.53. The molecule has 0 atom stereocenters. The fraction of sp³-hybridized carbons (Fsp3) is 0.211. The van der Waals surface area contributed by atoms with Crippen molar-refractivity contribution in [2.24, 2.45) is 0 Å². The largest absolute Gasteiger partial charge is 0.417 e. The molecule has 11 heteroatoms. The molecule has 2 aromatic rings. The molecule has 0 spiro atoms. The van der Waals surface area contributed by atoms with Gasteiger partial charge in [0.05, 0.1) is 27.8 Å². The maximum atomic E-state index is 13.3. The number of anilines is 2. The number of carbonyl (C=O) groups is 1. The van der Waals surface area contributed by atoms with Crippen LogP contribution in [0.1, 0.15) is 25.0 Å². The summed E-state index contributed by atoms with van der Waals surface area (Å²) in [7, 11) is -2.79. The Labute approximate surface area is 177 Å². The molecule has 30 heavy (non-hydrogen) atoms. The molecule has 3 rings (SSSR count). The second-order valence-corrected chi connectivity index (χ2v) is 8.33. The normalized spacial score (nSPS) is 16.3. The molecule has 0 bridgehead atoms. The van der Waals surface area contributed by atoms with Crippen molar-refractivity contribution in [2.45, 2.75) is 30.5 Å². The Morgan fingerprint density at radius 2 is 1.63 bits per heavy atom. The van der Waals surface area contributed by atoms with E-state index in [0.29, 0.717) is 11.8 Å². The number of halogens is 3. The zero-order valence-electron chi connectivity index (χ0n) is 15.6. The lowest BCUT2D eigenvalue weighted by molar-refractivity contribution is -0.137. The monoisotopic (exact) mass is 453 g/mol. The quantitative estimate of drug-likeness (QED) is 0.566. The molecular weight excluding hydrogens is 439 g/mol. The number of rotatable bonds is 3. The first-order chi connectivity index (χ1) is 13.9. The maximum Gasteiger partial charge on any atom is 0.417 e. The van der Waals surface area contributed by atoms with Crippen LogP contribution in [-0.2, 0) is 21.7 Å². The van der Waals surface area contributed by atoms with E-state index in [1.807, 2.05) is 0 Å². The summed E-state index contributed by atoms with van der Waals surface area (Å²) < 4.78 is 62.2. The molecule has 0 N–H and O–H groups in total. The number of alkyl halides is 3. The topological polar surface area (TPSA) is 81.5 Å². The first kappa shape index (κ1) is 21.7. The predicted octanol–water partition coefficient (Wildman–Crippen LogP) is 3.46. The van der Waals surface area contributed by atoms with E-state index >= 15 is 0 Å².